The Morgan fingerprint density at radius 3 is 2.00 bits per heavy atom. The fourth-order valence-electron chi connectivity index (χ4n) is 2.08. The number of nitrogens with zero attached hydrogens (tertiary/aromatic N) is 2. The fourth-order valence-corrected chi connectivity index (χ4v) is 2.08. The SMILES string of the molecule is C[C@@H](Oc1ccc(-c2ccc(C#N)cc2)cc1)C(=O)N(C)C. The molecule has 2 aromatic carbocycles. The van der Waals surface area contributed by atoms with Crippen LogP contribution in [-0.2, 0) is 4.79 Å². The number of ether oxygens (including phenoxy) is 1. The molecule has 0 radical (unpaired) electrons. The Kier molecular flexibility index (Phi) is 4.80. The smallest absolute Gasteiger partial charge is 0.262 e. The van der Waals surface area contributed by atoms with E-state index in [9.17, 15) is 4.79 Å². The summed E-state index contributed by atoms with van der Waals surface area (Å²) >= 11 is 0. The van der Waals surface area contributed by atoms with Gasteiger partial charge in [-0.1, -0.05) is 24.3 Å². The van der Waals surface area contributed by atoms with Gasteiger partial charge in [-0.2, -0.15) is 5.26 Å². The van der Waals surface area contributed by atoms with Crippen LogP contribution in [0.15, 0.2) is 48.5 Å². The molecular weight excluding hydrogens is 276 g/mol. The van der Waals surface area contributed by atoms with Gasteiger partial charge in [0.1, 0.15) is 5.75 Å². The van der Waals surface area contributed by atoms with E-state index in [1.165, 1.54) is 4.90 Å². The highest BCUT2D eigenvalue weighted by Crippen LogP contribution is 2.23. The molecule has 1 amide bonds. The fraction of sp³-hybridized carbons (Fsp3) is 0.222. The molecule has 0 unspecified atom stereocenters. The van der Waals surface area contributed by atoms with Crippen LogP contribution in [0.5, 0.6) is 5.75 Å². The number of hydrogen-bond donors (Lipinski definition) is 0. The zero-order chi connectivity index (χ0) is 16.1. The van der Waals surface area contributed by atoms with E-state index in [4.69, 9.17) is 10.00 Å². The maximum Gasteiger partial charge on any atom is 0.262 e. The van der Waals surface area contributed by atoms with Gasteiger partial charge in [0.05, 0.1) is 11.6 Å². The van der Waals surface area contributed by atoms with Crippen LogP contribution in [-0.4, -0.2) is 31.0 Å². The molecule has 0 saturated carbocycles. The quantitative estimate of drug-likeness (QED) is 0.870. The third kappa shape index (κ3) is 3.64. The zero-order valence-electron chi connectivity index (χ0n) is 12.9. The Balaban J connectivity index is 2.10. The van der Waals surface area contributed by atoms with E-state index in [0.717, 1.165) is 11.1 Å². The largest absolute Gasteiger partial charge is 0.481 e. The number of carbonyl (C=O) groups excluding carboxylic acids is 1. The molecule has 2 aromatic rings. The van der Waals surface area contributed by atoms with Crippen LogP contribution in [0.4, 0.5) is 0 Å². The lowest BCUT2D eigenvalue weighted by molar-refractivity contribution is -0.135. The molecule has 4 nitrogen and oxygen atoms in total. The van der Waals surface area contributed by atoms with Crippen molar-refractivity contribution >= 4 is 5.91 Å². The second kappa shape index (κ2) is 6.77. The highest BCUT2D eigenvalue weighted by Gasteiger charge is 2.16. The molecule has 22 heavy (non-hydrogen) atoms. The lowest BCUT2D eigenvalue weighted by Crippen LogP contribution is -2.35. The maximum atomic E-state index is 11.8. The number of likely N-dealkylation sites (N-methyl/N-ethyl adjacent to an activating group) is 1. The number of benzene rings is 2. The van der Waals surface area contributed by atoms with Crippen LogP contribution in [0.2, 0.25) is 0 Å². The Morgan fingerprint density at radius 1 is 1.05 bits per heavy atom. The predicted octanol–water partition coefficient (Wildman–Crippen LogP) is 3.08. The van der Waals surface area contributed by atoms with Gasteiger partial charge in [-0.25, -0.2) is 0 Å². The molecule has 0 aliphatic heterocycles. The van der Waals surface area contributed by atoms with Crippen molar-refractivity contribution in [2.75, 3.05) is 14.1 Å². The van der Waals surface area contributed by atoms with Crippen molar-refractivity contribution in [2.24, 2.45) is 0 Å². The number of carbonyl (C=O) groups is 1. The lowest BCUT2D eigenvalue weighted by atomic mass is 10.0. The molecule has 0 aliphatic carbocycles. The molecule has 0 saturated heterocycles. The minimum atomic E-state index is -0.518. The number of rotatable bonds is 4. The molecule has 0 heterocycles. The van der Waals surface area contributed by atoms with E-state index in [-0.39, 0.29) is 5.91 Å². The molecule has 0 fully saturated rings. The Morgan fingerprint density at radius 2 is 1.55 bits per heavy atom. The highest BCUT2D eigenvalue weighted by molar-refractivity contribution is 5.80. The summed E-state index contributed by atoms with van der Waals surface area (Å²) < 4.78 is 5.63. The first-order valence-corrected chi connectivity index (χ1v) is 6.99. The van der Waals surface area contributed by atoms with Crippen LogP contribution in [0, 0.1) is 11.3 Å². The maximum absolute atomic E-state index is 11.8. The monoisotopic (exact) mass is 294 g/mol. The Labute approximate surface area is 130 Å². The van der Waals surface area contributed by atoms with E-state index in [1.54, 1.807) is 33.2 Å². The molecule has 0 aliphatic rings. The van der Waals surface area contributed by atoms with Crippen LogP contribution >= 0.6 is 0 Å². The lowest BCUT2D eigenvalue weighted by Gasteiger charge is -2.18. The molecule has 112 valence electrons. The third-order valence-electron chi connectivity index (χ3n) is 3.30. The summed E-state index contributed by atoms with van der Waals surface area (Å²) in [6.45, 7) is 1.73. The summed E-state index contributed by atoms with van der Waals surface area (Å²) in [5.41, 5.74) is 2.70. The summed E-state index contributed by atoms with van der Waals surface area (Å²) in [6, 6.07) is 17.0. The summed E-state index contributed by atoms with van der Waals surface area (Å²) in [6.07, 6.45) is -0.518. The number of amides is 1. The first-order chi connectivity index (χ1) is 10.5. The Hall–Kier alpha value is -2.80. The van der Waals surface area contributed by atoms with Crippen molar-refractivity contribution < 1.29 is 9.53 Å². The molecule has 0 bridgehead atoms. The minimum absolute atomic E-state index is 0.0730. The first-order valence-electron chi connectivity index (χ1n) is 6.99. The summed E-state index contributed by atoms with van der Waals surface area (Å²) in [5, 5.41) is 8.81. The van der Waals surface area contributed by atoms with Crippen LogP contribution < -0.4 is 4.74 Å². The van der Waals surface area contributed by atoms with Crippen molar-refractivity contribution in [2.45, 2.75) is 13.0 Å². The molecule has 2 rings (SSSR count). The van der Waals surface area contributed by atoms with Crippen molar-refractivity contribution in [3.05, 3.63) is 54.1 Å². The summed E-state index contributed by atoms with van der Waals surface area (Å²) in [4.78, 5) is 13.3. The second-order valence-corrected chi connectivity index (χ2v) is 5.21. The molecule has 0 aromatic heterocycles. The van der Waals surface area contributed by atoms with Crippen molar-refractivity contribution in [1.29, 1.82) is 5.26 Å². The van der Waals surface area contributed by atoms with E-state index in [2.05, 4.69) is 6.07 Å². The first kappa shape index (κ1) is 15.6. The van der Waals surface area contributed by atoms with Gasteiger partial charge in [-0.3, -0.25) is 4.79 Å². The van der Waals surface area contributed by atoms with Gasteiger partial charge >= 0.3 is 0 Å². The van der Waals surface area contributed by atoms with Gasteiger partial charge in [0.25, 0.3) is 5.91 Å². The van der Waals surface area contributed by atoms with Gasteiger partial charge in [0.2, 0.25) is 0 Å². The van der Waals surface area contributed by atoms with E-state index in [1.807, 2.05) is 36.4 Å². The average molecular weight is 294 g/mol. The molecule has 1 atom stereocenters. The van der Waals surface area contributed by atoms with Crippen LogP contribution in [0.3, 0.4) is 0 Å². The normalized spacial score (nSPS) is 11.4. The van der Waals surface area contributed by atoms with Crippen molar-refractivity contribution in [3.8, 4) is 22.9 Å². The topological polar surface area (TPSA) is 53.3 Å². The van der Waals surface area contributed by atoms with Gasteiger partial charge < -0.3 is 9.64 Å². The van der Waals surface area contributed by atoms with Crippen LogP contribution in [0.1, 0.15) is 12.5 Å². The zero-order valence-corrected chi connectivity index (χ0v) is 12.9. The Bertz CT molecular complexity index is 683. The number of nitriles is 1. The average Bonchev–Trinajstić information content (AvgIpc) is 2.54. The summed E-state index contributed by atoms with van der Waals surface area (Å²) in [5.74, 6) is 0.580. The van der Waals surface area contributed by atoms with Crippen molar-refractivity contribution in [3.63, 3.8) is 0 Å². The second-order valence-electron chi connectivity index (χ2n) is 5.21. The van der Waals surface area contributed by atoms with Gasteiger partial charge in [0, 0.05) is 14.1 Å². The summed E-state index contributed by atoms with van der Waals surface area (Å²) in [7, 11) is 3.41. The standard InChI is InChI=1S/C18H18N2O2/c1-13(18(21)20(2)3)22-17-10-8-16(9-11-17)15-6-4-14(12-19)5-7-15/h4-11,13H,1-3H3/t13-/m1/s1. The van der Waals surface area contributed by atoms with Gasteiger partial charge in [0.15, 0.2) is 6.10 Å². The highest BCUT2D eigenvalue weighted by atomic mass is 16.5. The molecular formula is C18H18N2O2. The number of hydrogen-bond acceptors (Lipinski definition) is 3. The van der Waals surface area contributed by atoms with Crippen LogP contribution in [0.25, 0.3) is 11.1 Å². The van der Waals surface area contributed by atoms with E-state index < -0.39 is 6.10 Å². The van der Waals surface area contributed by atoms with Gasteiger partial charge in [-0.05, 0) is 42.3 Å². The van der Waals surface area contributed by atoms with E-state index >= 15 is 0 Å². The molecule has 0 spiro atoms. The molecule has 0 N–H and O–H groups in total. The van der Waals surface area contributed by atoms with E-state index in [0.29, 0.717) is 11.3 Å². The van der Waals surface area contributed by atoms with Crippen molar-refractivity contribution in [1.82, 2.24) is 4.90 Å². The third-order valence-corrected chi connectivity index (χ3v) is 3.30. The molecule has 4 heteroatoms. The van der Waals surface area contributed by atoms with Gasteiger partial charge in [-0.15, -0.1) is 0 Å². The minimum Gasteiger partial charge on any atom is -0.481 e. The predicted molar refractivity (Wildman–Crippen MR) is 85.4 cm³/mol.